The van der Waals surface area contributed by atoms with Crippen molar-refractivity contribution in [2.75, 3.05) is 5.32 Å². The molecule has 6 nitrogen and oxygen atoms in total. The highest BCUT2D eigenvalue weighted by Gasteiger charge is 2.18. The lowest BCUT2D eigenvalue weighted by atomic mass is 10.2. The number of hydrogen-bond acceptors (Lipinski definition) is 4. The third-order valence-electron chi connectivity index (χ3n) is 1.58. The quantitative estimate of drug-likeness (QED) is 0.442. The Morgan fingerprint density at radius 3 is 2.80 bits per heavy atom. The van der Waals surface area contributed by atoms with E-state index in [0.717, 1.165) is 6.20 Å². The second-order valence-electron chi connectivity index (χ2n) is 2.66. The van der Waals surface area contributed by atoms with Crippen molar-refractivity contribution >= 4 is 17.3 Å². The van der Waals surface area contributed by atoms with Crippen LogP contribution in [0.3, 0.4) is 0 Å². The van der Waals surface area contributed by atoms with Crippen molar-refractivity contribution in [1.82, 2.24) is 4.98 Å². The van der Waals surface area contributed by atoms with Crippen molar-refractivity contribution in [3.63, 3.8) is 0 Å². The summed E-state index contributed by atoms with van der Waals surface area (Å²) in [4.78, 5) is 24.4. The Morgan fingerprint density at radius 2 is 2.33 bits per heavy atom. The number of terminal acetylenes is 1. The van der Waals surface area contributed by atoms with Crippen molar-refractivity contribution < 1.29 is 9.72 Å². The Hall–Kier alpha value is -2.42. The van der Waals surface area contributed by atoms with Crippen LogP contribution in [0.2, 0.25) is 0 Å². The Bertz CT molecular complexity index is 462. The maximum atomic E-state index is 10.8. The van der Waals surface area contributed by atoms with Crippen LogP contribution in [0.5, 0.6) is 0 Å². The van der Waals surface area contributed by atoms with E-state index in [4.69, 9.17) is 6.42 Å². The van der Waals surface area contributed by atoms with Crippen LogP contribution in [0, 0.1) is 22.5 Å². The van der Waals surface area contributed by atoms with E-state index in [1.807, 2.05) is 0 Å². The summed E-state index contributed by atoms with van der Waals surface area (Å²) in [6.45, 7) is 1.24. The van der Waals surface area contributed by atoms with E-state index in [-0.39, 0.29) is 16.9 Å². The van der Waals surface area contributed by atoms with Crippen LogP contribution in [0.1, 0.15) is 12.5 Å². The Kier molecular flexibility index (Phi) is 2.98. The summed E-state index contributed by atoms with van der Waals surface area (Å²) in [6, 6.07) is 0. The maximum Gasteiger partial charge on any atom is 0.312 e. The van der Waals surface area contributed by atoms with Gasteiger partial charge in [0.2, 0.25) is 5.91 Å². The van der Waals surface area contributed by atoms with Gasteiger partial charge in [-0.2, -0.15) is 0 Å². The first-order valence-electron chi connectivity index (χ1n) is 3.93. The number of carbonyl (C=O) groups is 1. The van der Waals surface area contributed by atoms with Crippen LogP contribution in [-0.2, 0) is 4.79 Å². The minimum atomic E-state index is -0.654. The van der Waals surface area contributed by atoms with Crippen molar-refractivity contribution in [3.8, 4) is 12.3 Å². The number of anilines is 1. The Morgan fingerprint density at radius 1 is 1.67 bits per heavy atom. The average molecular weight is 205 g/mol. The molecule has 1 N–H and O–H groups in total. The number of rotatable bonds is 2. The van der Waals surface area contributed by atoms with Crippen LogP contribution >= 0.6 is 0 Å². The molecule has 1 amide bonds. The van der Waals surface area contributed by atoms with Gasteiger partial charge in [-0.25, -0.2) is 0 Å². The molecule has 1 heterocycles. The van der Waals surface area contributed by atoms with Crippen LogP contribution < -0.4 is 5.32 Å². The number of nitrogens with one attached hydrogen (secondary N) is 1. The largest absolute Gasteiger partial charge is 0.319 e. The van der Waals surface area contributed by atoms with E-state index in [2.05, 4.69) is 16.2 Å². The van der Waals surface area contributed by atoms with E-state index in [1.54, 1.807) is 0 Å². The van der Waals surface area contributed by atoms with E-state index in [9.17, 15) is 14.9 Å². The van der Waals surface area contributed by atoms with Crippen molar-refractivity contribution in [3.05, 3.63) is 28.1 Å². The van der Waals surface area contributed by atoms with Crippen molar-refractivity contribution in [2.24, 2.45) is 0 Å². The van der Waals surface area contributed by atoms with E-state index in [0.29, 0.717) is 0 Å². The molecular formula is C9H7N3O3. The molecule has 0 fully saturated rings. The Balaban J connectivity index is 3.34. The molecule has 6 heteroatoms. The molecule has 0 saturated heterocycles. The van der Waals surface area contributed by atoms with Gasteiger partial charge in [-0.05, 0) is 0 Å². The number of hydrogen-bond donors (Lipinski definition) is 1. The van der Waals surface area contributed by atoms with Gasteiger partial charge in [-0.15, -0.1) is 6.42 Å². The first-order valence-corrected chi connectivity index (χ1v) is 3.93. The van der Waals surface area contributed by atoms with Gasteiger partial charge in [0.1, 0.15) is 11.9 Å². The monoisotopic (exact) mass is 205 g/mol. The lowest BCUT2D eigenvalue weighted by molar-refractivity contribution is -0.384. The molecule has 76 valence electrons. The van der Waals surface area contributed by atoms with Gasteiger partial charge >= 0.3 is 5.69 Å². The molecule has 0 aliphatic carbocycles. The maximum absolute atomic E-state index is 10.8. The SMILES string of the molecule is C#Cc1cncc([N+](=O)[O-])c1NC(C)=O. The predicted molar refractivity (Wildman–Crippen MR) is 53.1 cm³/mol. The molecule has 0 aromatic carbocycles. The van der Waals surface area contributed by atoms with Gasteiger partial charge in [0.15, 0.2) is 0 Å². The van der Waals surface area contributed by atoms with E-state index >= 15 is 0 Å². The third kappa shape index (κ3) is 2.28. The summed E-state index contributed by atoms with van der Waals surface area (Å²) in [6.07, 6.45) is 7.44. The van der Waals surface area contributed by atoms with Gasteiger partial charge in [-0.1, -0.05) is 5.92 Å². The molecule has 0 saturated carbocycles. The predicted octanol–water partition coefficient (Wildman–Crippen LogP) is 0.929. The summed E-state index contributed by atoms with van der Waals surface area (Å²) in [5.41, 5.74) is -0.134. The lowest BCUT2D eigenvalue weighted by Gasteiger charge is -2.04. The van der Waals surface area contributed by atoms with E-state index in [1.165, 1.54) is 13.1 Å². The van der Waals surface area contributed by atoms with Crippen molar-refractivity contribution in [2.45, 2.75) is 6.92 Å². The van der Waals surface area contributed by atoms with E-state index < -0.39 is 10.8 Å². The first-order chi connectivity index (χ1) is 7.06. The van der Waals surface area contributed by atoms with Gasteiger partial charge in [0.25, 0.3) is 0 Å². The molecule has 0 unspecified atom stereocenters. The fraction of sp³-hybridized carbons (Fsp3) is 0.111. The molecule has 0 bridgehead atoms. The van der Waals surface area contributed by atoms with Gasteiger partial charge in [0, 0.05) is 13.1 Å². The minimum absolute atomic E-state index is 0.00463. The second kappa shape index (κ2) is 4.19. The highest BCUT2D eigenvalue weighted by Crippen LogP contribution is 2.26. The summed E-state index contributed by atoms with van der Waals surface area (Å²) >= 11 is 0. The summed E-state index contributed by atoms with van der Waals surface area (Å²) < 4.78 is 0. The molecule has 0 spiro atoms. The number of amides is 1. The zero-order chi connectivity index (χ0) is 11.4. The average Bonchev–Trinajstić information content (AvgIpc) is 2.16. The molecule has 15 heavy (non-hydrogen) atoms. The molecule has 0 aliphatic heterocycles. The van der Waals surface area contributed by atoms with Crippen LogP contribution in [0.15, 0.2) is 12.4 Å². The molecular weight excluding hydrogens is 198 g/mol. The minimum Gasteiger partial charge on any atom is -0.319 e. The normalized spacial score (nSPS) is 9.07. The number of pyridine rings is 1. The molecule has 1 rings (SSSR count). The van der Waals surface area contributed by atoms with Crippen LogP contribution in [0.4, 0.5) is 11.4 Å². The summed E-state index contributed by atoms with van der Waals surface area (Å²) in [5.74, 6) is 1.78. The number of nitrogens with zero attached hydrogens (tertiary/aromatic N) is 2. The topological polar surface area (TPSA) is 85.1 Å². The zero-order valence-electron chi connectivity index (χ0n) is 7.85. The van der Waals surface area contributed by atoms with Crippen LogP contribution in [0.25, 0.3) is 0 Å². The fourth-order valence-corrected chi connectivity index (χ4v) is 1.00. The van der Waals surface area contributed by atoms with Gasteiger partial charge in [0.05, 0.1) is 10.5 Å². The van der Waals surface area contributed by atoms with Crippen LogP contribution in [-0.4, -0.2) is 15.8 Å². The summed E-state index contributed by atoms with van der Waals surface area (Å²) in [7, 11) is 0. The highest BCUT2D eigenvalue weighted by atomic mass is 16.6. The number of carbonyl (C=O) groups excluding carboxylic acids is 1. The smallest absolute Gasteiger partial charge is 0.312 e. The summed E-state index contributed by atoms with van der Waals surface area (Å²) in [5, 5.41) is 12.9. The fourth-order valence-electron chi connectivity index (χ4n) is 1.00. The standard InChI is InChI=1S/C9H7N3O3/c1-3-7-4-10-5-8(12(14)15)9(7)11-6(2)13/h1,4-5H,2H3,(H,10,11,13). The van der Waals surface area contributed by atoms with Gasteiger partial charge in [-0.3, -0.25) is 19.9 Å². The number of aromatic nitrogens is 1. The molecule has 0 aliphatic rings. The second-order valence-corrected chi connectivity index (χ2v) is 2.66. The molecule has 0 atom stereocenters. The zero-order valence-corrected chi connectivity index (χ0v) is 7.85. The van der Waals surface area contributed by atoms with Crippen molar-refractivity contribution in [1.29, 1.82) is 0 Å². The third-order valence-corrected chi connectivity index (χ3v) is 1.58. The lowest BCUT2D eigenvalue weighted by Crippen LogP contribution is -2.10. The molecule has 1 aromatic heterocycles. The van der Waals surface area contributed by atoms with Gasteiger partial charge < -0.3 is 5.32 Å². The first kappa shape index (κ1) is 10.7. The molecule has 1 aromatic rings. The number of nitro groups is 1. The highest BCUT2D eigenvalue weighted by molar-refractivity contribution is 5.93. The Labute approximate surface area is 85.5 Å². The molecule has 0 radical (unpaired) electrons.